The molecule has 3 rings (SSSR count). The first kappa shape index (κ1) is 17.5. The predicted octanol–water partition coefficient (Wildman–Crippen LogP) is 1.57. The Balaban J connectivity index is 1.85. The average Bonchev–Trinajstić information content (AvgIpc) is 3.42. The zero-order chi connectivity index (χ0) is 18.1. The van der Waals surface area contributed by atoms with Gasteiger partial charge in [-0.15, -0.1) is 0 Å². The number of ether oxygens (including phenoxy) is 1. The lowest BCUT2D eigenvalue weighted by Gasteiger charge is -2.23. The Kier molecular flexibility index (Phi) is 4.81. The smallest absolute Gasteiger partial charge is 0.330 e. The summed E-state index contributed by atoms with van der Waals surface area (Å²) in [5.74, 6) is 0.885. The molecular weight excluding hydrogens is 318 g/mol. The van der Waals surface area contributed by atoms with Crippen LogP contribution in [0.25, 0.3) is 0 Å². The summed E-state index contributed by atoms with van der Waals surface area (Å²) < 4.78 is 8.03. The maximum absolute atomic E-state index is 12.1. The van der Waals surface area contributed by atoms with E-state index in [0.29, 0.717) is 12.6 Å². The molecule has 1 heterocycles. The lowest BCUT2D eigenvalue weighted by Crippen LogP contribution is -2.39. The van der Waals surface area contributed by atoms with Crippen LogP contribution >= 0.6 is 0 Å². The monoisotopic (exact) mass is 343 g/mol. The third-order valence-corrected chi connectivity index (χ3v) is 4.90. The minimum absolute atomic E-state index is 0.255. The molecule has 134 valence electrons. The third-order valence-electron chi connectivity index (χ3n) is 4.90. The molecule has 25 heavy (non-hydrogen) atoms. The van der Waals surface area contributed by atoms with Crippen LogP contribution in [0.15, 0.2) is 33.9 Å². The van der Waals surface area contributed by atoms with Gasteiger partial charge in [-0.05, 0) is 37.0 Å². The van der Waals surface area contributed by atoms with E-state index in [9.17, 15) is 9.59 Å². The second-order valence-electron chi connectivity index (χ2n) is 6.81. The Morgan fingerprint density at radius 2 is 1.84 bits per heavy atom. The Morgan fingerprint density at radius 3 is 2.44 bits per heavy atom. The van der Waals surface area contributed by atoms with E-state index in [-0.39, 0.29) is 11.2 Å². The van der Waals surface area contributed by atoms with Crippen molar-refractivity contribution in [3.63, 3.8) is 0 Å². The van der Waals surface area contributed by atoms with Crippen LogP contribution in [-0.4, -0.2) is 27.2 Å². The zero-order valence-corrected chi connectivity index (χ0v) is 15.3. The number of benzene rings is 1. The fourth-order valence-electron chi connectivity index (χ4n) is 3.17. The highest BCUT2D eigenvalue weighted by Gasteiger charge is 2.29. The van der Waals surface area contributed by atoms with Gasteiger partial charge in [-0.1, -0.05) is 12.1 Å². The molecule has 0 spiro atoms. The van der Waals surface area contributed by atoms with Gasteiger partial charge in [0.1, 0.15) is 5.75 Å². The highest BCUT2D eigenvalue weighted by Crippen LogP contribution is 2.30. The van der Waals surface area contributed by atoms with Crippen LogP contribution in [0.3, 0.4) is 0 Å². The van der Waals surface area contributed by atoms with Gasteiger partial charge in [-0.25, -0.2) is 4.79 Å². The first-order valence-corrected chi connectivity index (χ1v) is 8.54. The van der Waals surface area contributed by atoms with Crippen LogP contribution in [0.4, 0.5) is 0 Å². The molecule has 1 aliphatic rings. The summed E-state index contributed by atoms with van der Waals surface area (Å²) in [6.07, 6.45) is 2.32. The van der Waals surface area contributed by atoms with Gasteiger partial charge in [0, 0.05) is 45.0 Å². The van der Waals surface area contributed by atoms with Crippen molar-refractivity contribution >= 4 is 0 Å². The van der Waals surface area contributed by atoms with Gasteiger partial charge in [0.25, 0.3) is 5.56 Å². The first-order chi connectivity index (χ1) is 11.9. The molecular formula is C19H25N3O3. The Bertz CT molecular complexity index is 894. The number of hydrogen-bond donors (Lipinski definition) is 0. The zero-order valence-electron chi connectivity index (χ0n) is 15.3. The van der Waals surface area contributed by atoms with Crippen molar-refractivity contribution in [2.24, 2.45) is 14.1 Å². The minimum atomic E-state index is -0.279. The SMILES string of the molecule is COc1ccc(CN(Cc2cc(=O)n(C)c(=O)n2C)C2CC2)cc1C. The lowest BCUT2D eigenvalue weighted by atomic mass is 10.1. The van der Waals surface area contributed by atoms with Crippen molar-refractivity contribution < 1.29 is 4.74 Å². The van der Waals surface area contributed by atoms with E-state index >= 15 is 0 Å². The summed E-state index contributed by atoms with van der Waals surface area (Å²) in [7, 11) is 4.90. The fraction of sp³-hybridized carbons (Fsp3) is 0.474. The molecule has 0 atom stereocenters. The molecule has 0 radical (unpaired) electrons. The lowest BCUT2D eigenvalue weighted by molar-refractivity contribution is 0.238. The molecule has 0 amide bonds. The molecule has 6 nitrogen and oxygen atoms in total. The molecule has 0 unspecified atom stereocenters. The standard InChI is InChI=1S/C19H25N3O3/c1-13-9-14(5-8-17(13)25-4)11-22(15-6-7-15)12-16-10-18(23)21(3)19(24)20(16)2/h5,8-10,15H,6-7,11-12H2,1-4H3. The Labute approximate surface area is 147 Å². The van der Waals surface area contributed by atoms with Crippen LogP contribution in [0.5, 0.6) is 5.75 Å². The molecule has 1 aromatic carbocycles. The highest BCUT2D eigenvalue weighted by atomic mass is 16.5. The van der Waals surface area contributed by atoms with Crippen molar-refractivity contribution in [3.05, 3.63) is 61.9 Å². The summed E-state index contributed by atoms with van der Waals surface area (Å²) in [6.45, 7) is 3.42. The molecule has 1 fully saturated rings. The average molecular weight is 343 g/mol. The molecule has 6 heteroatoms. The van der Waals surface area contributed by atoms with E-state index in [0.717, 1.165) is 41.0 Å². The Morgan fingerprint density at radius 1 is 1.12 bits per heavy atom. The largest absolute Gasteiger partial charge is 0.496 e. The second kappa shape index (κ2) is 6.88. The van der Waals surface area contributed by atoms with Crippen molar-refractivity contribution in [1.82, 2.24) is 14.0 Å². The van der Waals surface area contributed by atoms with E-state index in [1.54, 1.807) is 24.8 Å². The maximum Gasteiger partial charge on any atom is 0.330 e. The number of aromatic nitrogens is 2. The van der Waals surface area contributed by atoms with Crippen molar-refractivity contribution in [2.75, 3.05) is 7.11 Å². The van der Waals surface area contributed by atoms with Gasteiger partial charge in [-0.3, -0.25) is 18.8 Å². The number of rotatable bonds is 6. The van der Waals surface area contributed by atoms with Crippen LogP contribution in [-0.2, 0) is 27.2 Å². The van der Waals surface area contributed by atoms with Crippen LogP contribution < -0.4 is 16.0 Å². The molecule has 0 bridgehead atoms. The normalized spacial score (nSPS) is 14.1. The Hall–Kier alpha value is -2.34. The van der Waals surface area contributed by atoms with Crippen molar-refractivity contribution in [3.8, 4) is 5.75 Å². The molecule has 0 aliphatic heterocycles. The second-order valence-corrected chi connectivity index (χ2v) is 6.81. The minimum Gasteiger partial charge on any atom is -0.496 e. The van der Waals surface area contributed by atoms with E-state index in [1.165, 1.54) is 12.6 Å². The summed E-state index contributed by atoms with van der Waals surface area (Å²) in [4.78, 5) is 26.5. The number of nitrogens with zero attached hydrogens (tertiary/aromatic N) is 3. The van der Waals surface area contributed by atoms with Crippen molar-refractivity contribution in [2.45, 2.75) is 38.9 Å². The van der Waals surface area contributed by atoms with Gasteiger partial charge in [0.15, 0.2) is 0 Å². The number of methoxy groups -OCH3 is 1. The molecule has 1 aliphatic carbocycles. The number of hydrogen-bond acceptors (Lipinski definition) is 4. The van der Waals surface area contributed by atoms with Gasteiger partial charge >= 0.3 is 5.69 Å². The molecule has 0 N–H and O–H groups in total. The van der Waals surface area contributed by atoms with E-state index in [2.05, 4.69) is 17.0 Å². The summed E-state index contributed by atoms with van der Waals surface area (Å²) in [6, 6.07) is 8.28. The van der Waals surface area contributed by atoms with Gasteiger partial charge in [0.05, 0.1) is 7.11 Å². The van der Waals surface area contributed by atoms with Crippen LogP contribution in [0.1, 0.15) is 29.7 Å². The van der Waals surface area contributed by atoms with E-state index < -0.39 is 0 Å². The van der Waals surface area contributed by atoms with Crippen LogP contribution in [0.2, 0.25) is 0 Å². The first-order valence-electron chi connectivity index (χ1n) is 8.54. The van der Waals surface area contributed by atoms with Gasteiger partial charge in [-0.2, -0.15) is 0 Å². The highest BCUT2D eigenvalue weighted by molar-refractivity contribution is 5.36. The molecule has 1 aromatic heterocycles. The number of aryl methyl sites for hydroxylation is 1. The summed E-state index contributed by atoms with van der Waals surface area (Å²) in [5, 5.41) is 0. The predicted molar refractivity (Wildman–Crippen MR) is 96.9 cm³/mol. The maximum atomic E-state index is 12.1. The fourth-order valence-corrected chi connectivity index (χ4v) is 3.17. The van der Waals surface area contributed by atoms with E-state index in [4.69, 9.17) is 4.74 Å². The van der Waals surface area contributed by atoms with Gasteiger partial charge < -0.3 is 4.74 Å². The quantitative estimate of drug-likeness (QED) is 0.799. The topological polar surface area (TPSA) is 56.5 Å². The summed E-state index contributed by atoms with van der Waals surface area (Å²) >= 11 is 0. The van der Waals surface area contributed by atoms with E-state index in [1.807, 2.05) is 13.0 Å². The molecule has 0 saturated heterocycles. The van der Waals surface area contributed by atoms with Crippen molar-refractivity contribution in [1.29, 1.82) is 0 Å². The third kappa shape index (κ3) is 3.69. The molecule has 1 saturated carbocycles. The van der Waals surface area contributed by atoms with Crippen LogP contribution in [0, 0.1) is 6.92 Å². The van der Waals surface area contributed by atoms with Gasteiger partial charge in [0.2, 0.25) is 0 Å². The summed E-state index contributed by atoms with van der Waals surface area (Å²) in [5.41, 5.74) is 2.54. The molecule has 2 aromatic rings.